The lowest BCUT2D eigenvalue weighted by atomic mass is 10.3. The lowest BCUT2D eigenvalue weighted by Gasteiger charge is -2.15. The summed E-state index contributed by atoms with van der Waals surface area (Å²) in [7, 11) is -0.454. The lowest BCUT2D eigenvalue weighted by Crippen LogP contribution is -2.23. The van der Waals surface area contributed by atoms with Crippen LogP contribution in [-0.2, 0) is 10.0 Å². The van der Waals surface area contributed by atoms with Gasteiger partial charge in [-0.05, 0) is 24.3 Å². The van der Waals surface area contributed by atoms with Crippen LogP contribution in [0.4, 0.5) is 5.69 Å². The number of para-hydroxylation sites is 1. The standard InChI is InChI=1S/C12H20N2O2S2/c1-4-5-9-17-10-7-6-8-11(12(10)13)18(15,16)14(2)3/h6-8H,4-5,9,13H2,1-3H3. The number of thioether (sulfide) groups is 1. The van der Waals surface area contributed by atoms with E-state index in [1.165, 1.54) is 18.4 Å². The second-order valence-electron chi connectivity index (χ2n) is 4.16. The minimum Gasteiger partial charge on any atom is -0.397 e. The van der Waals surface area contributed by atoms with Gasteiger partial charge in [0, 0.05) is 19.0 Å². The fraction of sp³-hybridized carbons (Fsp3) is 0.500. The summed E-state index contributed by atoms with van der Waals surface area (Å²) in [6.45, 7) is 2.12. The van der Waals surface area contributed by atoms with E-state index < -0.39 is 10.0 Å². The second-order valence-corrected chi connectivity index (χ2v) is 7.41. The van der Waals surface area contributed by atoms with Gasteiger partial charge in [0.15, 0.2) is 0 Å². The SMILES string of the molecule is CCCCSc1cccc(S(=O)(=O)N(C)C)c1N. The molecule has 0 spiro atoms. The maximum absolute atomic E-state index is 12.1. The minimum atomic E-state index is -3.47. The quantitative estimate of drug-likeness (QED) is 0.496. The first kappa shape index (κ1) is 15.3. The topological polar surface area (TPSA) is 63.4 Å². The van der Waals surface area contributed by atoms with Gasteiger partial charge in [-0.2, -0.15) is 0 Å². The number of hydrogen-bond acceptors (Lipinski definition) is 4. The molecule has 0 aliphatic rings. The third-order valence-corrected chi connectivity index (χ3v) is 5.57. The molecule has 18 heavy (non-hydrogen) atoms. The van der Waals surface area contributed by atoms with Crippen molar-refractivity contribution < 1.29 is 8.42 Å². The fourth-order valence-corrected chi connectivity index (χ4v) is 3.59. The molecule has 0 fully saturated rings. The van der Waals surface area contributed by atoms with Gasteiger partial charge in [0.05, 0.1) is 5.69 Å². The predicted octanol–water partition coefficient (Wildman–Crippen LogP) is 2.41. The molecule has 0 aliphatic carbocycles. The average Bonchev–Trinajstić information content (AvgIpc) is 2.31. The molecule has 4 nitrogen and oxygen atoms in total. The summed E-state index contributed by atoms with van der Waals surface area (Å²) < 4.78 is 25.3. The van der Waals surface area contributed by atoms with Gasteiger partial charge in [-0.25, -0.2) is 12.7 Å². The fourth-order valence-electron chi connectivity index (χ4n) is 1.40. The Hall–Kier alpha value is -0.720. The Labute approximate surface area is 114 Å². The third kappa shape index (κ3) is 3.40. The van der Waals surface area contributed by atoms with Crippen molar-refractivity contribution >= 4 is 27.5 Å². The van der Waals surface area contributed by atoms with Gasteiger partial charge in [-0.3, -0.25) is 0 Å². The highest BCUT2D eigenvalue weighted by Gasteiger charge is 2.21. The number of nitrogen functional groups attached to an aromatic ring is 1. The molecule has 0 unspecified atom stereocenters. The number of nitrogens with two attached hydrogens (primary N) is 1. The molecule has 0 aliphatic heterocycles. The molecule has 1 rings (SSSR count). The molecule has 1 aromatic carbocycles. The smallest absolute Gasteiger partial charge is 0.244 e. The van der Waals surface area contributed by atoms with Crippen molar-refractivity contribution in [2.75, 3.05) is 25.6 Å². The first-order valence-corrected chi connectivity index (χ1v) is 8.27. The van der Waals surface area contributed by atoms with E-state index >= 15 is 0 Å². The van der Waals surface area contributed by atoms with E-state index in [-0.39, 0.29) is 4.90 Å². The van der Waals surface area contributed by atoms with Crippen LogP contribution in [0, 0.1) is 0 Å². The molecule has 0 amide bonds. The van der Waals surface area contributed by atoms with E-state index in [4.69, 9.17) is 5.73 Å². The number of anilines is 1. The highest BCUT2D eigenvalue weighted by atomic mass is 32.2. The highest BCUT2D eigenvalue weighted by molar-refractivity contribution is 7.99. The van der Waals surface area contributed by atoms with E-state index in [0.29, 0.717) is 5.69 Å². The monoisotopic (exact) mass is 288 g/mol. The summed E-state index contributed by atoms with van der Waals surface area (Å²) in [4.78, 5) is 1.03. The van der Waals surface area contributed by atoms with Crippen molar-refractivity contribution in [1.29, 1.82) is 0 Å². The molecule has 0 saturated heterocycles. The Bertz CT molecular complexity index is 499. The Morgan fingerprint density at radius 3 is 2.56 bits per heavy atom. The van der Waals surface area contributed by atoms with Gasteiger partial charge in [-0.15, -0.1) is 11.8 Å². The Morgan fingerprint density at radius 1 is 1.33 bits per heavy atom. The van der Waals surface area contributed by atoms with E-state index in [2.05, 4.69) is 6.92 Å². The van der Waals surface area contributed by atoms with Crippen molar-refractivity contribution in [2.24, 2.45) is 0 Å². The number of benzene rings is 1. The largest absolute Gasteiger partial charge is 0.397 e. The maximum atomic E-state index is 12.1. The molecular formula is C12H20N2O2S2. The zero-order valence-electron chi connectivity index (χ0n) is 11.0. The summed E-state index contributed by atoms with van der Waals surface area (Å²) in [5, 5.41) is 0. The molecule has 0 radical (unpaired) electrons. The summed E-state index contributed by atoms with van der Waals surface area (Å²) in [5.74, 6) is 0.951. The van der Waals surface area contributed by atoms with Crippen molar-refractivity contribution in [3.8, 4) is 0 Å². The molecule has 0 aromatic heterocycles. The molecule has 0 heterocycles. The van der Waals surface area contributed by atoms with Crippen molar-refractivity contribution in [2.45, 2.75) is 29.6 Å². The van der Waals surface area contributed by atoms with Crippen LogP contribution in [-0.4, -0.2) is 32.6 Å². The van der Waals surface area contributed by atoms with Gasteiger partial charge < -0.3 is 5.73 Å². The Balaban J connectivity index is 3.06. The lowest BCUT2D eigenvalue weighted by molar-refractivity contribution is 0.521. The third-order valence-electron chi connectivity index (χ3n) is 2.54. The van der Waals surface area contributed by atoms with E-state index in [0.717, 1.165) is 23.5 Å². The van der Waals surface area contributed by atoms with Crippen molar-refractivity contribution in [1.82, 2.24) is 4.31 Å². The van der Waals surface area contributed by atoms with Crippen LogP contribution in [0.2, 0.25) is 0 Å². The van der Waals surface area contributed by atoms with Crippen LogP contribution < -0.4 is 5.73 Å². The van der Waals surface area contributed by atoms with Crippen molar-refractivity contribution in [3.63, 3.8) is 0 Å². The summed E-state index contributed by atoms with van der Waals surface area (Å²) in [6.07, 6.45) is 2.21. The molecule has 0 saturated carbocycles. The number of hydrogen-bond donors (Lipinski definition) is 1. The van der Waals surface area contributed by atoms with E-state index in [1.54, 1.807) is 23.9 Å². The first-order chi connectivity index (χ1) is 8.41. The first-order valence-electron chi connectivity index (χ1n) is 5.85. The summed E-state index contributed by atoms with van der Waals surface area (Å²) in [6, 6.07) is 5.15. The van der Waals surface area contributed by atoms with Crippen molar-refractivity contribution in [3.05, 3.63) is 18.2 Å². The molecule has 6 heteroatoms. The Morgan fingerprint density at radius 2 is 2.00 bits per heavy atom. The maximum Gasteiger partial charge on any atom is 0.244 e. The number of unbranched alkanes of at least 4 members (excludes halogenated alkanes) is 1. The zero-order chi connectivity index (χ0) is 13.8. The highest BCUT2D eigenvalue weighted by Crippen LogP contribution is 2.31. The summed E-state index contributed by atoms with van der Waals surface area (Å²) >= 11 is 1.61. The molecule has 2 N–H and O–H groups in total. The van der Waals surface area contributed by atoms with Gasteiger partial charge in [-0.1, -0.05) is 19.4 Å². The number of rotatable bonds is 6. The molecule has 0 atom stereocenters. The minimum absolute atomic E-state index is 0.189. The number of sulfonamides is 1. The van der Waals surface area contributed by atoms with Gasteiger partial charge in [0.1, 0.15) is 4.90 Å². The molecule has 102 valence electrons. The zero-order valence-corrected chi connectivity index (χ0v) is 12.6. The van der Waals surface area contributed by atoms with Crippen LogP contribution in [0.3, 0.4) is 0 Å². The van der Waals surface area contributed by atoms with Gasteiger partial charge in [0.25, 0.3) is 0 Å². The van der Waals surface area contributed by atoms with Crippen LogP contribution in [0.25, 0.3) is 0 Å². The molecule has 1 aromatic rings. The predicted molar refractivity (Wildman–Crippen MR) is 77.4 cm³/mol. The second kappa shape index (κ2) is 6.45. The normalized spacial score (nSPS) is 12.0. The van der Waals surface area contributed by atoms with Gasteiger partial charge in [0.2, 0.25) is 10.0 Å². The van der Waals surface area contributed by atoms with Crippen LogP contribution in [0.5, 0.6) is 0 Å². The molecular weight excluding hydrogens is 268 g/mol. The number of nitrogens with zero attached hydrogens (tertiary/aromatic N) is 1. The van der Waals surface area contributed by atoms with Crippen LogP contribution in [0.15, 0.2) is 28.0 Å². The Kier molecular flexibility index (Phi) is 5.49. The van der Waals surface area contributed by atoms with Gasteiger partial charge >= 0.3 is 0 Å². The van der Waals surface area contributed by atoms with E-state index in [9.17, 15) is 8.42 Å². The molecule has 0 bridgehead atoms. The van der Waals surface area contributed by atoms with E-state index in [1.807, 2.05) is 6.07 Å². The average molecular weight is 288 g/mol. The summed E-state index contributed by atoms with van der Waals surface area (Å²) in [5.41, 5.74) is 6.32. The van der Waals surface area contributed by atoms with Crippen LogP contribution in [0.1, 0.15) is 19.8 Å². The van der Waals surface area contributed by atoms with Crippen LogP contribution >= 0.6 is 11.8 Å².